The minimum absolute atomic E-state index is 0. The van der Waals surface area contributed by atoms with Gasteiger partial charge in [-0.15, -0.1) is 23.7 Å². The van der Waals surface area contributed by atoms with Gasteiger partial charge in [0.15, 0.2) is 0 Å². The topological polar surface area (TPSA) is 26.7 Å². The second kappa shape index (κ2) is 11.8. The molecular weight excluding hydrogens is 448 g/mol. The van der Waals surface area contributed by atoms with E-state index in [9.17, 15) is 5.11 Å². The summed E-state index contributed by atoms with van der Waals surface area (Å²) in [5.74, 6) is 1.11. The predicted octanol–water partition coefficient (Wildman–Crippen LogP) is 6.37. The average molecular weight is 485 g/mol. The van der Waals surface area contributed by atoms with Gasteiger partial charge in [0.05, 0.1) is 6.10 Å². The molecule has 2 unspecified atom stereocenters. The lowest BCUT2D eigenvalue weighted by Gasteiger charge is -2.38. The number of benzene rings is 2. The molecule has 1 aromatic heterocycles. The maximum atomic E-state index is 11.6. The van der Waals surface area contributed by atoms with Gasteiger partial charge in [-0.25, -0.2) is 0 Å². The molecule has 1 saturated carbocycles. The van der Waals surface area contributed by atoms with E-state index >= 15 is 0 Å². The van der Waals surface area contributed by atoms with Gasteiger partial charge in [-0.2, -0.15) is 0 Å². The molecule has 0 spiro atoms. The monoisotopic (exact) mass is 484 g/mol. The number of nitrogens with zero attached hydrogens (tertiary/aromatic N) is 2. The summed E-state index contributed by atoms with van der Waals surface area (Å²) >= 11 is 1.77. The zero-order chi connectivity index (χ0) is 21.8. The van der Waals surface area contributed by atoms with E-state index in [4.69, 9.17) is 0 Å². The maximum absolute atomic E-state index is 11.6. The van der Waals surface area contributed by atoms with Crippen molar-refractivity contribution in [1.29, 1.82) is 0 Å². The zero-order valence-corrected chi connectivity index (χ0v) is 21.1. The number of aliphatic hydroxyl groups is 1. The van der Waals surface area contributed by atoms with Gasteiger partial charge in [0.25, 0.3) is 0 Å². The first-order valence-corrected chi connectivity index (χ1v) is 13.3. The van der Waals surface area contributed by atoms with Crippen LogP contribution in [0.5, 0.6) is 0 Å². The third-order valence-corrected chi connectivity index (χ3v) is 8.58. The van der Waals surface area contributed by atoms with Crippen molar-refractivity contribution < 1.29 is 5.11 Å². The highest BCUT2D eigenvalue weighted by Crippen LogP contribution is 2.39. The summed E-state index contributed by atoms with van der Waals surface area (Å²) in [7, 11) is 0. The third kappa shape index (κ3) is 6.17. The minimum atomic E-state index is -0.367. The van der Waals surface area contributed by atoms with Gasteiger partial charge in [-0.1, -0.05) is 74.2 Å². The number of piperazine rings is 1. The number of thiophene rings is 1. The molecule has 2 aliphatic rings. The fourth-order valence-corrected chi connectivity index (χ4v) is 6.75. The van der Waals surface area contributed by atoms with Crippen molar-refractivity contribution >= 4 is 33.8 Å². The van der Waals surface area contributed by atoms with Crippen molar-refractivity contribution in [3.8, 4) is 0 Å². The van der Waals surface area contributed by atoms with Crippen LogP contribution in [0.25, 0.3) is 10.1 Å². The first-order valence-electron chi connectivity index (χ1n) is 12.4. The van der Waals surface area contributed by atoms with Crippen LogP contribution in [-0.4, -0.2) is 47.6 Å². The summed E-state index contributed by atoms with van der Waals surface area (Å²) in [6.07, 6.45) is 6.22. The summed E-state index contributed by atoms with van der Waals surface area (Å²) in [5.41, 5.74) is 2.55. The Labute approximate surface area is 208 Å². The van der Waals surface area contributed by atoms with E-state index in [1.165, 1.54) is 41.3 Å². The van der Waals surface area contributed by atoms with Gasteiger partial charge in [-0.05, 0) is 40.3 Å². The number of halogens is 1. The molecule has 1 aliphatic heterocycles. The second-order valence-corrected chi connectivity index (χ2v) is 10.8. The molecule has 0 amide bonds. The fourth-order valence-electron chi connectivity index (χ4n) is 5.76. The Morgan fingerprint density at radius 1 is 0.879 bits per heavy atom. The summed E-state index contributed by atoms with van der Waals surface area (Å²) < 4.78 is 1.29. The Kier molecular flexibility index (Phi) is 8.84. The highest BCUT2D eigenvalue weighted by molar-refractivity contribution is 7.17. The van der Waals surface area contributed by atoms with Crippen molar-refractivity contribution in [2.45, 2.75) is 44.8 Å². The van der Waals surface area contributed by atoms with Crippen molar-refractivity contribution in [3.05, 3.63) is 71.1 Å². The Hall–Kier alpha value is -1.43. The molecule has 0 bridgehead atoms. The van der Waals surface area contributed by atoms with Crippen molar-refractivity contribution in [2.75, 3.05) is 32.7 Å². The van der Waals surface area contributed by atoms with Crippen LogP contribution in [-0.2, 0) is 6.54 Å². The molecule has 5 rings (SSSR count). The van der Waals surface area contributed by atoms with Crippen molar-refractivity contribution in [1.82, 2.24) is 9.80 Å². The van der Waals surface area contributed by atoms with Gasteiger partial charge in [0.2, 0.25) is 0 Å². The Morgan fingerprint density at radius 2 is 1.55 bits per heavy atom. The van der Waals surface area contributed by atoms with Crippen LogP contribution in [0.15, 0.2) is 60.0 Å². The van der Waals surface area contributed by atoms with E-state index in [0.717, 1.165) is 57.2 Å². The smallest absolute Gasteiger partial charge is 0.0844 e. The minimum Gasteiger partial charge on any atom is -0.388 e. The quantitative estimate of drug-likeness (QED) is 0.402. The highest BCUT2D eigenvalue weighted by Gasteiger charge is 2.30. The third-order valence-electron chi connectivity index (χ3n) is 7.59. The van der Waals surface area contributed by atoms with E-state index in [1.807, 2.05) is 0 Å². The molecule has 2 heterocycles. The largest absolute Gasteiger partial charge is 0.388 e. The van der Waals surface area contributed by atoms with Crippen molar-refractivity contribution in [3.63, 3.8) is 0 Å². The van der Waals surface area contributed by atoms with E-state index in [0.29, 0.717) is 5.92 Å². The number of rotatable bonds is 8. The Bertz CT molecular complexity index is 980. The molecule has 0 radical (unpaired) electrons. The molecule has 2 aromatic carbocycles. The first-order chi connectivity index (χ1) is 15.8. The summed E-state index contributed by atoms with van der Waals surface area (Å²) in [6, 6.07) is 19.4. The van der Waals surface area contributed by atoms with Gasteiger partial charge in [0.1, 0.15) is 0 Å². The number of aliphatic hydroxyl groups excluding tert-OH is 1. The summed E-state index contributed by atoms with van der Waals surface area (Å²) in [4.78, 5) is 5.18. The molecular formula is C28H37ClN2OS. The molecule has 3 nitrogen and oxygen atoms in total. The van der Waals surface area contributed by atoms with Crippen LogP contribution in [0.3, 0.4) is 0 Å². The summed E-state index contributed by atoms with van der Waals surface area (Å²) in [6.45, 7) is 6.49. The van der Waals surface area contributed by atoms with Crippen LogP contribution in [0.1, 0.15) is 49.3 Å². The molecule has 1 N–H and O–H groups in total. The number of fused-ring (bicyclic) bond motifs is 1. The van der Waals surface area contributed by atoms with Gasteiger partial charge in [0, 0.05) is 49.9 Å². The lowest BCUT2D eigenvalue weighted by Crippen LogP contribution is -2.48. The van der Waals surface area contributed by atoms with E-state index in [-0.39, 0.29) is 18.5 Å². The molecule has 1 saturated heterocycles. The fraction of sp³-hybridized carbons (Fsp3) is 0.500. The van der Waals surface area contributed by atoms with E-state index in [2.05, 4.69) is 69.8 Å². The predicted molar refractivity (Wildman–Crippen MR) is 142 cm³/mol. The second-order valence-electron chi connectivity index (χ2n) is 9.84. The standard InChI is InChI=1S/C28H36N2OS.ClH/c31-28(26-21-32-27-13-7-6-12-25(26)27)24(18-22-8-4-5-9-22)20-30-16-14-29(15-17-30)19-23-10-2-1-3-11-23;/h1-3,6-7,10-13,21-22,24,28,31H,4-5,8-9,14-20H2;1H. The lowest BCUT2D eigenvalue weighted by atomic mass is 9.85. The molecule has 3 aromatic rings. The van der Waals surface area contributed by atoms with Gasteiger partial charge < -0.3 is 10.0 Å². The zero-order valence-electron chi connectivity index (χ0n) is 19.4. The van der Waals surface area contributed by atoms with Crippen LogP contribution in [0, 0.1) is 11.8 Å². The van der Waals surface area contributed by atoms with E-state index < -0.39 is 0 Å². The van der Waals surface area contributed by atoms with Gasteiger partial charge >= 0.3 is 0 Å². The molecule has 5 heteroatoms. The van der Waals surface area contributed by atoms with Crippen LogP contribution >= 0.6 is 23.7 Å². The first kappa shape index (κ1) is 24.7. The van der Waals surface area contributed by atoms with Crippen LogP contribution < -0.4 is 0 Å². The van der Waals surface area contributed by atoms with E-state index in [1.54, 1.807) is 11.3 Å². The molecule has 178 valence electrons. The molecule has 2 fully saturated rings. The average Bonchev–Trinajstić information content (AvgIpc) is 3.50. The molecule has 2 atom stereocenters. The highest BCUT2D eigenvalue weighted by atomic mass is 35.5. The number of hydrogen-bond acceptors (Lipinski definition) is 4. The number of hydrogen-bond donors (Lipinski definition) is 1. The normalized spacial score (nSPS) is 20.0. The lowest BCUT2D eigenvalue weighted by molar-refractivity contribution is 0.0455. The molecule has 33 heavy (non-hydrogen) atoms. The van der Waals surface area contributed by atoms with Crippen LogP contribution in [0.4, 0.5) is 0 Å². The Balaban J connectivity index is 0.00000259. The van der Waals surface area contributed by atoms with Gasteiger partial charge in [-0.3, -0.25) is 4.90 Å². The summed E-state index contributed by atoms with van der Waals surface area (Å²) in [5, 5.41) is 15.0. The SMILES string of the molecule is Cl.OC(c1csc2ccccc12)C(CC1CCCC1)CN1CCN(Cc2ccccc2)CC1. The molecule has 1 aliphatic carbocycles. The van der Waals surface area contributed by atoms with Crippen molar-refractivity contribution in [2.24, 2.45) is 11.8 Å². The maximum Gasteiger partial charge on any atom is 0.0844 e. The van der Waals surface area contributed by atoms with Crippen LogP contribution in [0.2, 0.25) is 0 Å². The Morgan fingerprint density at radius 3 is 2.30 bits per heavy atom.